The van der Waals surface area contributed by atoms with E-state index in [9.17, 15) is 14.7 Å². The number of ether oxygens (including phenoxy) is 10. The molecular weight excluding hydrogens is 604 g/mol. The molecule has 0 saturated carbocycles. The summed E-state index contributed by atoms with van der Waals surface area (Å²) in [6.07, 6.45) is -1.23. The SMILES string of the molecule is COC1=C2C(=CC3(OC)OCOC13OC)[C@H](OC(C)=O)C[C@](C)(O)[C@@H](OC(=O)c1ccccc1)c1cc(OC)c(OC)c(OC)c12. The fourth-order valence-electron chi connectivity index (χ4n) is 6.44. The number of hydrogen-bond donors (Lipinski definition) is 1. The van der Waals surface area contributed by atoms with Gasteiger partial charge in [0.1, 0.15) is 11.7 Å². The zero-order valence-corrected chi connectivity index (χ0v) is 27.0. The number of methoxy groups -OCH3 is 6. The Kier molecular flexibility index (Phi) is 9.08. The van der Waals surface area contributed by atoms with E-state index in [0.717, 1.165) is 0 Å². The molecule has 2 aromatic carbocycles. The summed E-state index contributed by atoms with van der Waals surface area (Å²) >= 11 is 0. The normalized spacial score (nSPS) is 28.4. The molecule has 0 amide bonds. The fraction of sp³-hybridized carbons (Fsp3) is 0.455. The number of rotatable bonds is 9. The number of esters is 2. The van der Waals surface area contributed by atoms with Crippen molar-refractivity contribution in [2.45, 2.75) is 49.7 Å². The molecule has 5 atom stereocenters. The molecule has 1 fully saturated rings. The highest BCUT2D eigenvalue weighted by Crippen LogP contribution is 2.59. The molecule has 2 unspecified atom stereocenters. The molecule has 3 aliphatic rings. The van der Waals surface area contributed by atoms with Gasteiger partial charge in [-0.25, -0.2) is 4.79 Å². The van der Waals surface area contributed by atoms with Gasteiger partial charge in [-0.2, -0.15) is 0 Å². The molecule has 2 aromatic rings. The van der Waals surface area contributed by atoms with Crippen LogP contribution in [0.15, 0.2) is 53.8 Å². The Balaban J connectivity index is 1.94. The topological polar surface area (TPSA) is 147 Å². The van der Waals surface area contributed by atoms with Crippen LogP contribution < -0.4 is 14.2 Å². The Morgan fingerprint density at radius 3 is 2.15 bits per heavy atom. The second-order valence-corrected chi connectivity index (χ2v) is 11.0. The van der Waals surface area contributed by atoms with E-state index in [1.807, 2.05) is 0 Å². The quantitative estimate of drug-likeness (QED) is 0.397. The van der Waals surface area contributed by atoms with Gasteiger partial charge >= 0.3 is 11.9 Å². The van der Waals surface area contributed by atoms with Gasteiger partial charge in [0.15, 0.2) is 30.2 Å². The molecule has 0 spiro atoms. The third-order valence-electron chi connectivity index (χ3n) is 8.40. The first kappa shape index (κ1) is 33.2. The van der Waals surface area contributed by atoms with Gasteiger partial charge in [-0.1, -0.05) is 18.2 Å². The lowest BCUT2D eigenvalue weighted by molar-refractivity contribution is -0.285. The molecular formula is C33H38O13. The van der Waals surface area contributed by atoms with Crippen LogP contribution in [0.3, 0.4) is 0 Å². The largest absolute Gasteiger partial charge is 0.494 e. The van der Waals surface area contributed by atoms with Crippen molar-refractivity contribution in [1.82, 2.24) is 0 Å². The monoisotopic (exact) mass is 642 g/mol. The molecule has 0 aromatic heterocycles. The summed E-state index contributed by atoms with van der Waals surface area (Å²) < 4.78 is 59.4. The minimum Gasteiger partial charge on any atom is -0.494 e. The summed E-state index contributed by atoms with van der Waals surface area (Å²) in [5.41, 5.74) is -0.518. The van der Waals surface area contributed by atoms with Crippen LogP contribution in [0.4, 0.5) is 0 Å². The predicted octanol–water partition coefficient (Wildman–Crippen LogP) is 3.68. The molecule has 1 heterocycles. The lowest BCUT2D eigenvalue weighted by Crippen LogP contribution is -2.58. The molecule has 46 heavy (non-hydrogen) atoms. The molecule has 1 aliphatic heterocycles. The maximum absolute atomic E-state index is 13.6. The maximum Gasteiger partial charge on any atom is 0.338 e. The summed E-state index contributed by atoms with van der Waals surface area (Å²) in [5, 5.41) is 12.3. The van der Waals surface area contributed by atoms with Crippen LogP contribution in [-0.2, 0) is 38.0 Å². The van der Waals surface area contributed by atoms with E-state index in [1.54, 1.807) is 42.5 Å². The fourth-order valence-corrected chi connectivity index (χ4v) is 6.44. The van der Waals surface area contributed by atoms with E-state index < -0.39 is 41.3 Å². The van der Waals surface area contributed by atoms with Gasteiger partial charge in [0.2, 0.25) is 5.75 Å². The summed E-state index contributed by atoms with van der Waals surface area (Å²) in [6, 6.07) is 9.92. The van der Waals surface area contributed by atoms with E-state index in [1.165, 1.54) is 56.5 Å². The third kappa shape index (κ3) is 5.08. The van der Waals surface area contributed by atoms with Gasteiger partial charge < -0.3 is 52.5 Å². The van der Waals surface area contributed by atoms with E-state index in [-0.39, 0.29) is 58.5 Å². The molecule has 13 heteroatoms. The van der Waals surface area contributed by atoms with Crippen molar-refractivity contribution in [3.63, 3.8) is 0 Å². The van der Waals surface area contributed by atoms with Crippen LogP contribution in [0.2, 0.25) is 0 Å². The summed E-state index contributed by atoms with van der Waals surface area (Å²) in [4.78, 5) is 26.2. The van der Waals surface area contributed by atoms with Crippen molar-refractivity contribution in [3.8, 4) is 17.2 Å². The molecule has 13 nitrogen and oxygen atoms in total. The van der Waals surface area contributed by atoms with Crippen LogP contribution in [0.5, 0.6) is 17.2 Å². The summed E-state index contributed by atoms with van der Waals surface area (Å²) in [5.74, 6) is -4.27. The average molecular weight is 643 g/mol. The van der Waals surface area contributed by atoms with E-state index in [2.05, 4.69) is 0 Å². The molecule has 1 N–H and O–H groups in total. The Morgan fingerprint density at radius 2 is 1.59 bits per heavy atom. The molecule has 248 valence electrons. The number of carbonyl (C=O) groups is 2. The first-order valence-corrected chi connectivity index (χ1v) is 14.4. The average Bonchev–Trinajstić information content (AvgIpc) is 3.44. The lowest BCUT2D eigenvalue weighted by Gasteiger charge is -2.46. The first-order chi connectivity index (χ1) is 22.0. The number of benzene rings is 2. The third-order valence-corrected chi connectivity index (χ3v) is 8.40. The van der Waals surface area contributed by atoms with Crippen LogP contribution in [-0.4, -0.2) is 89.8 Å². The maximum atomic E-state index is 13.6. The van der Waals surface area contributed by atoms with Crippen molar-refractivity contribution in [2.24, 2.45) is 0 Å². The van der Waals surface area contributed by atoms with Gasteiger partial charge in [0.05, 0.1) is 34.0 Å². The minimum absolute atomic E-state index is 0.0606. The minimum atomic E-state index is -1.87. The Labute approximate surface area is 266 Å². The molecule has 1 saturated heterocycles. The van der Waals surface area contributed by atoms with Crippen LogP contribution in [0, 0.1) is 0 Å². The van der Waals surface area contributed by atoms with E-state index in [4.69, 9.17) is 47.4 Å². The van der Waals surface area contributed by atoms with Crippen molar-refractivity contribution in [3.05, 3.63) is 70.5 Å². The smallest absolute Gasteiger partial charge is 0.338 e. The van der Waals surface area contributed by atoms with Gasteiger partial charge in [-0.15, -0.1) is 0 Å². The highest BCUT2D eigenvalue weighted by Gasteiger charge is 2.67. The highest BCUT2D eigenvalue weighted by atomic mass is 16.9. The lowest BCUT2D eigenvalue weighted by atomic mass is 9.72. The first-order valence-electron chi connectivity index (χ1n) is 14.4. The number of carbonyl (C=O) groups excluding carboxylic acids is 2. The van der Waals surface area contributed by atoms with Crippen LogP contribution in [0.1, 0.15) is 47.9 Å². The molecule has 0 radical (unpaired) electrons. The molecule has 2 aliphatic carbocycles. The second-order valence-electron chi connectivity index (χ2n) is 11.0. The standard InChI is InChI=1S/C33H38O13/c1-18(34)45-23-16-31(2,36)28(46-30(35)19-12-10-9-11-13-19)20-14-22(37-3)26(38-4)27(39-5)24(20)25-21(23)15-32(41-7)33(42-8,29(25)40-6)44-17-43-32/h9-15,23,28,36H,16-17H2,1-8H3/t23-,28+,31+,32?,33?/m1/s1. The zero-order valence-electron chi connectivity index (χ0n) is 27.0. The van der Waals surface area contributed by atoms with Crippen molar-refractivity contribution >= 4 is 17.5 Å². The Morgan fingerprint density at radius 1 is 0.891 bits per heavy atom. The Bertz CT molecular complexity index is 1560. The van der Waals surface area contributed by atoms with Crippen LogP contribution in [0.25, 0.3) is 5.57 Å². The van der Waals surface area contributed by atoms with E-state index >= 15 is 0 Å². The number of aliphatic hydroxyl groups is 1. The zero-order chi connectivity index (χ0) is 33.4. The van der Waals surface area contributed by atoms with Gasteiger partial charge in [0, 0.05) is 49.8 Å². The van der Waals surface area contributed by atoms with Crippen LogP contribution >= 0.6 is 0 Å². The predicted molar refractivity (Wildman–Crippen MR) is 160 cm³/mol. The van der Waals surface area contributed by atoms with Gasteiger partial charge in [-0.05, 0) is 31.2 Å². The van der Waals surface area contributed by atoms with Gasteiger partial charge in [0.25, 0.3) is 11.6 Å². The van der Waals surface area contributed by atoms with Crippen molar-refractivity contribution in [2.75, 3.05) is 49.5 Å². The van der Waals surface area contributed by atoms with Gasteiger partial charge in [-0.3, -0.25) is 4.79 Å². The number of hydrogen-bond acceptors (Lipinski definition) is 13. The molecule has 5 rings (SSSR count). The highest BCUT2D eigenvalue weighted by molar-refractivity contribution is 5.93. The summed E-state index contributed by atoms with van der Waals surface area (Å²) in [6.45, 7) is 2.47. The second kappa shape index (κ2) is 12.6. The van der Waals surface area contributed by atoms with Crippen molar-refractivity contribution in [1.29, 1.82) is 0 Å². The van der Waals surface area contributed by atoms with Crippen molar-refractivity contribution < 1.29 is 62.1 Å². The van der Waals surface area contributed by atoms with E-state index in [0.29, 0.717) is 5.57 Å². The number of fused-ring (bicyclic) bond motifs is 4. The summed E-state index contributed by atoms with van der Waals surface area (Å²) in [7, 11) is 8.50. The Hall–Kier alpha value is -4.14. The molecule has 0 bridgehead atoms.